The summed E-state index contributed by atoms with van der Waals surface area (Å²) in [6, 6.07) is 0. The summed E-state index contributed by atoms with van der Waals surface area (Å²) < 4.78 is 0. The van der Waals surface area contributed by atoms with Gasteiger partial charge in [0.05, 0.1) is 0 Å². The van der Waals surface area contributed by atoms with Gasteiger partial charge in [0.1, 0.15) is 0 Å². The van der Waals surface area contributed by atoms with E-state index in [0.717, 1.165) is 23.7 Å². The largest absolute Gasteiger partial charge is 0.0622 e. The Balaban J connectivity index is 2.03. The highest BCUT2D eigenvalue weighted by molar-refractivity contribution is 4.85. The third kappa shape index (κ3) is 1.41. The molecule has 12 heavy (non-hydrogen) atoms. The highest BCUT2D eigenvalue weighted by Crippen LogP contribution is 2.45. The van der Waals surface area contributed by atoms with E-state index in [4.69, 9.17) is 0 Å². The van der Waals surface area contributed by atoms with Crippen molar-refractivity contribution in [3.63, 3.8) is 0 Å². The number of fused-ring (bicyclic) bond motifs is 1. The van der Waals surface area contributed by atoms with E-state index < -0.39 is 0 Å². The monoisotopic (exact) mass is 166 g/mol. The lowest BCUT2D eigenvalue weighted by atomic mass is 9.63. The molecule has 2 saturated carbocycles. The molecular formula is C12H22. The average Bonchev–Trinajstić information content (AvgIpc) is 2.12. The van der Waals surface area contributed by atoms with Gasteiger partial charge < -0.3 is 0 Å². The Labute approximate surface area is 76.7 Å². The first-order valence-electron chi connectivity index (χ1n) is 5.79. The molecule has 2 aliphatic carbocycles. The second-order valence-electron chi connectivity index (χ2n) is 5.12. The van der Waals surface area contributed by atoms with Gasteiger partial charge in [-0.1, -0.05) is 39.5 Å². The molecule has 0 amide bonds. The molecule has 0 nitrogen and oxygen atoms in total. The standard InChI is InChI=1S/C12H22/c1-9-7-8-11-5-3-4-6-12(11)10(9)2/h9-12H,3-8H2,1-2H3/t9-,10-,11+,12+/m0/s1. The van der Waals surface area contributed by atoms with Crippen molar-refractivity contribution in [3.05, 3.63) is 0 Å². The summed E-state index contributed by atoms with van der Waals surface area (Å²) in [6.07, 6.45) is 9.15. The lowest BCUT2D eigenvalue weighted by Gasteiger charge is -2.43. The van der Waals surface area contributed by atoms with E-state index in [9.17, 15) is 0 Å². The predicted octanol–water partition coefficient (Wildman–Crippen LogP) is 3.86. The quantitative estimate of drug-likeness (QED) is 0.512. The molecule has 70 valence electrons. The van der Waals surface area contributed by atoms with Crippen LogP contribution in [0.15, 0.2) is 0 Å². The topological polar surface area (TPSA) is 0 Å². The normalized spacial score (nSPS) is 48.5. The summed E-state index contributed by atoms with van der Waals surface area (Å²) in [6.45, 7) is 4.95. The van der Waals surface area contributed by atoms with Gasteiger partial charge in [0, 0.05) is 0 Å². The summed E-state index contributed by atoms with van der Waals surface area (Å²) in [5.74, 6) is 4.24. The van der Waals surface area contributed by atoms with Crippen LogP contribution in [0.25, 0.3) is 0 Å². The van der Waals surface area contributed by atoms with Crippen LogP contribution in [0, 0.1) is 23.7 Å². The molecule has 0 radical (unpaired) electrons. The Morgan fingerprint density at radius 3 is 2.42 bits per heavy atom. The maximum Gasteiger partial charge on any atom is -0.0358 e. The van der Waals surface area contributed by atoms with E-state index in [1.165, 1.54) is 32.1 Å². The fourth-order valence-corrected chi connectivity index (χ4v) is 3.45. The fourth-order valence-electron chi connectivity index (χ4n) is 3.45. The van der Waals surface area contributed by atoms with Crippen molar-refractivity contribution >= 4 is 0 Å². The summed E-state index contributed by atoms with van der Waals surface area (Å²) in [5.41, 5.74) is 0. The van der Waals surface area contributed by atoms with E-state index in [1.807, 2.05) is 0 Å². The van der Waals surface area contributed by atoms with Crippen molar-refractivity contribution in [1.82, 2.24) is 0 Å². The second-order valence-corrected chi connectivity index (χ2v) is 5.12. The average molecular weight is 166 g/mol. The molecular weight excluding hydrogens is 144 g/mol. The van der Waals surface area contributed by atoms with Crippen LogP contribution in [0.1, 0.15) is 52.4 Å². The lowest BCUT2D eigenvalue weighted by molar-refractivity contribution is 0.0734. The van der Waals surface area contributed by atoms with Crippen molar-refractivity contribution in [1.29, 1.82) is 0 Å². The molecule has 0 aromatic carbocycles. The third-order valence-electron chi connectivity index (χ3n) is 4.53. The minimum absolute atomic E-state index is 1.00. The zero-order chi connectivity index (χ0) is 8.55. The molecule has 0 saturated heterocycles. The highest BCUT2D eigenvalue weighted by atomic mass is 14.4. The zero-order valence-electron chi connectivity index (χ0n) is 8.55. The second kappa shape index (κ2) is 3.40. The highest BCUT2D eigenvalue weighted by Gasteiger charge is 2.35. The van der Waals surface area contributed by atoms with Gasteiger partial charge in [-0.25, -0.2) is 0 Å². The van der Waals surface area contributed by atoms with E-state index in [2.05, 4.69) is 13.8 Å². The van der Waals surface area contributed by atoms with Crippen molar-refractivity contribution in [2.45, 2.75) is 52.4 Å². The molecule has 0 heteroatoms. The Morgan fingerprint density at radius 1 is 0.833 bits per heavy atom. The van der Waals surface area contributed by atoms with E-state index in [0.29, 0.717) is 0 Å². The van der Waals surface area contributed by atoms with Crippen LogP contribution in [0.4, 0.5) is 0 Å². The van der Waals surface area contributed by atoms with Crippen LogP contribution < -0.4 is 0 Å². The van der Waals surface area contributed by atoms with Gasteiger partial charge in [0.25, 0.3) is 0 Å². The molecule has 0 N–H and O–H groups in total. The first-order chi connectivity index (χ1) is 5.79. The molecule has 2 aliphatic rings. The molecule has 0 bridgehead atoms. The third-order valence-corrected chi connectivity index (χ3v) is 4.53. The van der Waals surface area contributed by atoms with Crippen LogP contribution in [-0.2, 0) is 0 Å². The van der Waals surface area contributed by atoms with Crippen molar-refractivity contribution in [2.75, 3.05) is 0 Å². The van der Waals surface area contributed by atoms with Gasteiger partial charge in [0.2, 0.25) is 0 Å². The first kappa shape index (κ1) is 8.59. The molecule has 0 aliphatic heterocycles. The smallest absolute Gasteiger partial charge is 0.0358 e. The minimum Gasteiger partial charge on any atom is -0.0622 e. The predicted molar refractivity (Wildman–Crippen MR) is 53.0 cm³/mol. The van der Waals surface area contributed by atoms with Crippen molar-refractivity contribution < 1.29 is 0 Å². The minimum atomic E-state index is 1.00. The summed E-state index contributed by atoms with van der Waals surface area (Å²) >= 11 is 0. The molecule has 2 fully saturated rings. The van der Waals surface area contributed by atoms with Crippen LogP contribution in [0.5, 0.6) is 0 Å². The van der Waals surface area contributed by atoms with Crippen molar-refractivity contribution in [3.8, 4) is 0 Å². The molecule has 4 atom stereocenters. The summed E-state index contributed by atoms with van der Waals surface area (Å²) in [5, 5.41) is 0. The van der Waals surface area contributed by atoms with Crippen LogP contribution in [0.3, 0.4) is 0 Å². The van der Waals surface area contributed by atoms with Gasteiger partial charge >= 0.3 is 0 Å². The summed E-state index contributed by atoms with van der Waals surface area (Å²) in [7, 11) is 0. The van der Waals surface area contributed by atoms with Gasteiger partial charge in [-0.3, -0.25) is 0 Å². The molecule has 2 rings (SSSR count). The molecule has 0 unspecified atom stereocenters. The number of hydrogen-bond acceptors (Lipinski definition) is 0. The maximum atomic E-state index is 2.49. The lowest BCUT2D eigenvalue weighted by Crippen LogP contribution is -2.33. The van der Waals surface area contributed by atoms with Gasteiger partial charge in [-0.2, -0.15) is 0 Å². The van der Waals surface area contributed by atoms with Gasteiger partial charge in [0.15, 0.2) is 0 Å². The number of hydrogen-bond donors (Lipinski definition) is 0. The Bertz CT molecular complexity index is 148. The van der Waals surface area contributed by atoms with Gasteiger partial charge in [-0.15, -0.1) is 0 Å². The zero-order valence-corrected chi connectivity index (χ0v) is 8.55. The van der Waals surface area contributed by atoms with E-state index in [1.54, 1.807) is 6.42 Å². The molecule has 0 spiro atoms. The van der Waals surface area contributed by atoms with Crippen LogP contribution in [-0.4, -0.2) is 0 Å². The molecule has 0 heterocycles. The van der Waals surface area contributed by atoms with Gasteiger partial charge in [-0.05, 0) is 36.5 Å². The first-order valence-corrected chi connectivity index (χ1v) is 5.79. The molecule has 0 aromatic heterocycles. The fraction of sp³-hybridized carbons (Fsp3) is 1.00. The Morgan fingerprint density at radius 2 is 1.58 bits per heavy atom. The Kier molecular flexibility index (Phi) is 2.43. The SMILES string of the molecule is C[C@@H]1[C@H]2CCCC[C@@H]2CC[C@@H]1C. The van der Waals surface area contributed by atoms with Crippen LogP contribution >= 0.6 is 0 Å². The van der Waals surface area contributed by atoms with E-state index >= 15 is 0 Å². The van der Waals surface area contributed by atoms with Crippen LogP contribution in [0.2, 0.25) is 0 Å². The Hall–Kier alpha value is 0. The summed E-state index contributed by atoms with van der Waals surface area (Å²) in [4.78, 5) is 0. The number of rotatable bonds is 0. The maximum absolute atomic E-state index is 2.49. The van der Waals surface area contributed by atoms with E-state index in [-0.39, 0.29) is 0 Å². The molecule has 0 aromatic rings. The van der Waals surface area contributed by atoms with Crippen molar-refractivity contribution in [2.24, 2.45) is 23.7 Å².